The molecule has 0 aliphatic carbocycles. The SMILES string of the molecule is C#CC(CC)Nc1cccc(C(C)C)c1. The van der Waals surface area contributed by atoms with Crippen LogP contribution in [0, 0.1) is 12.3 Å². The molecule has 0 aromatic heterocycles. The van der Waals surface area contributed by atoms with Crippen LogP contribution in [0.15, 0.2) is 24.3 Å². The van der Waals surface area contributed by atoms with E-state index in [1.54, 1.807) is 0 Å². The Morgan fingerprint density at radius 2 is 2.13 bits per heavy atom. The molecule has 1 aromatic rings. The van der Waals surface area contributed by atoms with Gasteiger partial charge in [-0.15, -0.1) is 6.42 Å². The molecule has 1 rings (SSSR count). The maximum absolute atomic E-state index is 5.42. The summed E-state index contributed by atoms with van der Waals surface area (Å²) in [4.78, 5) is 0. The Morgan fingerprint density at radius 1 is 1.40 bits per heavy atom. The number of hydrogen-bond donors (Lipinski definition) is 1. The van der Waals surface area contributed by atoms with Gasteiger partial charge in [0.15, 0.2) is 0 Å². The third-order valence-electron chi connectivity index (χ3n) is 2.50. The molecule has 0 saturated carbocycles. The molecule has 1 unspecified atom stereocenters. The highest BCUT2D eigenvalue weighted by molar-refractivity contribution is 5.48. The summed E-state index contributed by atoms with van der Waals surface area (Å²) >= 11 is 0. The molecule has 1 aromatic carbocycles. The van der Waals surface area contributed by atoms with Gasteiger partial charge in [-0.05, 0) is 30.0 Å². The lowest BCUT2D eigenvalue weighted by molar-refractivity contribution is 0.849. The minimum absolute atomic E-state index is 0.132. The molecule has 0 spiro atoms. The van der Waals surface area contributed by atoms with Gasteiger partial charge in [-0.2, -0.15) is 0 Å². The van der Waals surface area contributed by atoms with Gasteiger partial charge < -0.3 is 5.32 Å². The number of terminal acetylenes is 1. The summed E-state index contributed by atoms with van der Waals surface area (Å²) in [5.74, 6) is 3.29. The van der Waals surface area contributed by atoms with E-state index >= 15 is 0 Å². The van der Waals surface area contributed by atoms with Gasteiger partial charge in [-0.3, -0.25) is 0 Å². The van der Waals surface area contributed by atoms with Crippen LogP contribution in [0.2, 0.25) is 0 Å². The molecule has 0 radical (unpaired) electrons. The van der Waals surface area contributed by atoms with Crippen molar-refractivity contribution in [2.24, 2.45) is 0 Å². The Balaban J connectivity index is 2.78. The van der Waals surface area contributed by atoms with Crippen LogP contribution in [-0.4, -0.2) is 6.04 Å². The minimum atomic E-state index is 0.132. The van der Waals surface area contributed by atoms with E-state index in [2.05, 4.69) is 56.3 Å². The van der Waals surface area contributed by atoms with Gasteiger partial charge in [-0.25, -0.2) is 0 Å². The van der Waals surface area contributed by atoms with E-state index in [0.29, 0.717) is 5.92 Å². The summed E-state index contributed by atoms with van der Waals surface area (Å²) in [5, 5.41) is 3.34. The topological polar surface area (TPSA) is 12.0 Å². The smallest absolute Gasteiger partial charge is 0.0871 e. The zero-order valence-corrected chi connectivity index (χ0v) is 9.75. The van der Waals surface area contributed by atoms with E-state index in [0.717, 1.165) is 12.1 Å². The molecule has 1 N–H and O–H groups in total. The lowest BCUT2D eigenvalue weighted by atomic mass is 10.0. The van der Waals surface area contributed by atoms with Crippen molar-refractivity contribution in [2.75, 3.05) is 5.32 Å². The predicted molar refractivity (Wildman–Crippen MR) is 67.1 cm³/mol. The molecule has 0 aliphatic heterocycles. The summed E-state index contributed by atoms with van der Waals surface area (Å²) in [7, 11) is 0. The van der Waals surface area contributed by atoms with Crippen molar-refractivity contribution in [3.05, 3.63) is 29.8 Å². The van der Waals surface area contributed by atoms with Crippen LogP contribution in [0.25, 0.3) is 0 Å². The van der Waals surface area contributed by atoms with Crippen molar-refractivity contribution < 1.29 is 0 Å². The normalized spacial score (nSPS) is 12.2. The molecule has 0 fully saturated rings. The number of benzene rings is 1. The van der Waals surface area contributed by atoms with Gasteiger partial charge in [0.1, 0.15) is 0 Å². The van der Waals surface area contributed by atoms with Crippen molar-refractivity contribution in [3.8, 4) is 12.3 Å². The fourth-order valence-corrected chi connectivity index (χ4v) is 1.45. The largest absolute Gasteiger partial charge is 0.372 e. The second-order valence-electron chi connectivity index (χ2n) is 4.05. The number of hydrogen-bond acceptors (Lipinski definition) is 1. The average Bonchev–Trinajstić information content (AvgIpc) is 2.26. The first kappa shape index (κ1) is 11.7. The van der Waals surface area contributed by atoms with Crippen molar-refractivity contribution >= 4 is 5.69 Å². The van der Waals surface area contributed by atoms with Gasteiger partial charge in [0.25, 0.3) is 0 Å². The highest BCUT2D eigenvalue weighted by Crippen LogP contribution is 2.19. The summed E-state index contributed by atoms with van der Waals surface area (Å²) in [6.45, 7) is 6.47. The molecule has 0 saturated heterocycles. The van der Waals surface area contributed by atoms with Gasteiger partial charge in [-0.1, -0.05) is 38.8 Å². The number of anilines is 1. The van der Waals surface area contributed by atoms with E-state index in [9.17, 15) is 0 Å². The fourth-order valence-electron chi connectivity index (χ4n) is 1.45. The molecular weight excluding hydrogens is 182 g/mol. The Bertz CT molecular complexity index is 347. The van der Waals surface area contributed by atoms with E-state index in [4.69, 9.17) is 6.42 Å². The zero-order valence-electron chi connectivity index (χ0n) is 9.75. The highest BCUT2D eigenvalue weighted by atomic mass is 14.9. The number of nitrogens with one attached hydrogen (secondary N) is 1. The van der Waals surface area contributed by atoms with Gasteiger partial charge >= 0.3 is 0 Å². The van der Waals surface area contributed by atoms with Crippen molar-refractivity contribution in [1.82, 2.24) is 0 Å². The molecule has 15 heavy (non-hydrogen) atoms. The maximum Gasteiger partial charge on any atom is 0.0871 e. The first-order valence-electron chi connectivity index (χ1n) is 5.50. The molecule has 80 valence electrons. The summed E-state index contributed by atoms with van der Waals surface area (Å²) in [6, 6.07) is 8.58. The molecular formula is C14H19N. The molecule has 1 heteroatoms. The van der Waals surface area contributed by atoms with E-state index in [-0.39, 0.29) is 6.04 Å². The highest BCUT2D eigenvalue weighted by Gasteiger charge is 2.03. The fraction of sp³-hybridized carbons (Fsp3) is 0.429. The standard InChI is InChI=1S/C14H19N/c1-5-13(6-2)15-14-9-7-8-12(10-14)11(3)4/h1,7-11,13,15H,6H2,2-4H3. The van der Waals surface area contributed by atoms with Crippen LogP contribution in [0.5, 0.6) is 0 Å². The second-order valence-corrected chi connectivity index (χ2v) is 4.05. The summed E-state index contributed by atoms with van der Waals surface area (Å²) in [6.07, 6.45) is 6.36. The van der Waals surface area contributed by atoms with Crippen LogP contribution in [0.1, 0.15) is 38.7 Å². The Kier molecular flexibility index (Phi) is 4.24. The maximum atomic E-state index is 5.42. The van der Waals surface area contributed by atoms with Crippen LogP contribution in [0.3, 0.4) is 0 Å². The van der Waals surface area contributed by atoms with Crippen LogP contribution >= 0.6 is 0 Å². The van der Waals surface area contributed by atoms with Crippen LogP contribution in [-0.2, 0) is 0 Å². The first-order valence-corrected chi connectivity index (χ1v) is 5.50. The lowest BCUT2D eigenvalue weighted by Crippen LogP contribution is -2.15. The lowest BCUT2D eigenvalue weighted by Gasteiger charge is -2.14. The Hall–Kier alpha value is -1.42. The van der Waals surface area contributed by atoms with Gasteiger partial charge in [0.05, 0.1) is 6.04 Å². The Morgan fingerprint density at radius 3 is 2.67 bits per heavy atom. The van der Waals surface area contributed by atoms with Gasteiger partial charge in [0, 0.05) is 5.69 Å². The molecule has 1 atom stereocenters. The van der Waals surface area contributed by atoms with Crippen molar-refractivity contribution in [2.45, 2.75) is 39.2 Å². The average molecular weight is 201 g/mol. The van der Waals surface area contributed by atoms with Crippen LogP contribution in [0.4, 0.5) is 5.69 Å². The third kappa shape index (κ3) is 3.32. The van der Waals surface area contributed by atoms with E-state index in [1.165, 1.54) is 5.56 Å². The minimum Gasteiger partial charge on any atom is -0.372 e. The molecule has 0 bridgehead atoms. The van der Waals surface area contributed by atoms with Crippen LogP contribution < -0.4 is 5.32 Å². The molecule has 0 heterocycles. The quantitative estimate of drug-likeness (QED) is 0.733. The summed E-state index contributed by atoms with van der Waals surface area (Å²) < 4.78 is 0. The van der Waals surface area contributed by atoms with Gasteiger partial charge in [0.2, 0.25) is 0 Å². The van der Waals surface area contributed by atoms with E-state index < -0.39 is 0 Å². The van der Waals surface area contributed by atoms with Crippen molar-refractivity contribution in [3.63, 3.8) is 0 Å². The molecule has 0 aliphatic rings. The number of rotatable bonds is 4. The predicted octanol–water partition coefficient (Wildman–Crippen LogP) is 3.63. The molecule has 0 amide bonds. The monoisotopic (exact) mass is 201 g/mol. The third-order valence-corrected chi connectivity index (χ3v) is 2.50. The Labute approximate surface area is 92.9 Å². The first-order chi connectivity index (χ1) is 7.17. The second kappa shape index (κ2) is 5.46. The summed E-state index contributed by atoms with van der Waals surface area (Å²) in [5.41, 5.74) is 2.46. The molecule has 1 nitrogen and oxygen atoms in total. The van der Waals surface area contributed by atoms with Crippen molar-refractivity contribution in [1.29, 1.82) is 0 Å². The van der Waals surface area contributed by atoms with E-state index in [1.807, 2.05) is 0 Å². The zero-order chi connectivity index (χ0) is 11.3.